The van der Waals surface area contributed by atoms with Gasteiger partial charge in [0, 0.05) is 29.2 Å². The lowest BCUT2D eigenvalue weighted by atomic mass is 10.2. The van der Waals surface area contributed by atoms with E-state index in [4.69, 9.17) is 9.47 Å². The number of morpholine rings is 1. The summed E-state index contributed by atoms with van der Waals surface area (Å²) >= 11 is 3.41. The fraction of sp³-hybridized carbons (Fsp3) is 0.357. The maximum atomic E-state index is 12.0. The van der Waals surface area contributed by atoms with Gasteiger partial charge in [-0.2, -0.15) is 0 Å². The third kappa shape index (κ3) is 3.81. The Labute approximate surface area is 121 Å². The van der Waals surface area contributed by atoms with Crippen LogP contribution >= 0.6 is 15.9 Å². The minimum atomic E-state index is 0.00493. The number of ether oxygens (including phenoxy) is 2. The zero-order chi connectivity index (χ0) is 13.7. The molecule has 1 amide bonds. The number of halogens is 1. The van der Waals surface area contributed by atoms with E-state index in [1.54, 1.807) is 24.2 Å². The van der Waals surface area contributed by atoms with Gasteiger partial charge >= 0.3 is 0 Å². The highest BCUT2D eigenvalue weighted by atomic mass is 79.9. The maximum absolute atomic E-state index is 12.0. The lowest BCUT2D eigenvalue weighted by molar-refractivity contribution is -0.129. The molecule has 1 aliphatic heterocycles. The van der Waals surface area contributed by atoms with Crippen molar-refractivity contribution >= 4 is 27.9 Å². The van der Waals surface area contributed by atoms with E-state index in [-0.39, 0.29) is 5.91 Å². The molecule has 0 atom stereocenters. The predicted molar refractivity (Wildman–Crippen MR) is 77.1 cm³/mol. The molecule has 1 aliphatic rings. The summed E-state index contributed by atoms with van der Waals surface area (Å²) < 4.78 is 11.4. The van der Waals surface area contributed by atoms with Crippen LogP contribution in [-0.2, 0) is 9.53 Å². The van der Waals surface area contributed by atoms with Gasteiger partial charge in [-0.15, -0.1) is 0 Å². The van der Waals surface area contributed by atoms with Gasteiger partial charge < -0.3 is 14.4 Å². The van der Waals surface area contributed by atoms with Gasteiger partial charge in [0.1, 0.15) is 5.75 Å². The molecule has 1 aromatic rings. The first-order valence-electron chi connectivity index (χ1n) is 6.09. The third-order valence-corrected chi connectivity index (χ3v) is 3.41. The van der Waals surface area contributed by atoms with E-state index in [1.165, 1.54) is 0 Å². The summed E-state index contributed by atoms with van der Waals surface area (Å²) in [6.07, 6.45) is 3.36. The van der Waals surface area contributed by atoms with Crippen LogP contribution < -0.4 is 4.74 Å². The van der Waals surface area contributed by atoms with Gasteiger partial charge in [-0.05, 0) is 24.3 Å². The van der Waals surface area contributed by atoms with Gasteiger partial charge in [-0.3, -0.25) is 4.79 Å². The molecule has 5 heteroatoms. The highest BCUT2D eigenvalue weighted by Crippen LogP contribution is 2.24. The molecule has 0 saturated carbocycles. The second kappa shape index (κ2) is 6.73. The molecular weight excluding hydrogens is 310 g/mol. The molecule has 0 aliphatic carbocycles. The topological polar surface area (TPSA) is 38.8 Å². The third-order valence-electron chi connectivity index (χ3n) is 2.92. The maximum Gasteiger partial charge on any atom is 0.246 e. The summed E-state index contributed by atoms with van der Waals surface area (Å²) in [5, 5.41) is 0. The van der Waals surface area contributed by atoms with Gasteiger partial charge in [0.05, 0.1) is 20.3 Å². The van der Waals surface area contributed by atoms with Crippen LogP contribution in [0.15, 0.2) is 28.7 Å². The summed E-state index contributed by atoms with van der Waals surface area (Å²) in [4.78, 5) is 13.8. The average Bonchev–Trinajstić information content (AvgIpc) is 2.46. The second-order valence-electron chi connectivity index (χ2n) is 4.16. The molecule has 1 saturated heterocycles. The number of carbonyl (C=O) groups excluding carboxylic acids is 1. The Morgan fingerprint density at radius 1 is 1.42 bits per heavy atom. The molecule has 2 rings (SSSR count). The molecule has 0 aromatic heterocycles. The fourth-order valence-electron chi connectivity index (χ4n) is 1.89. The van der Waals surface area contributed by atoms with Crippen molar-refractivity contribution in [3.63, 3.8) is 0 Å². The van der Waals surface area contributed by atoms with Crippen LogP contribution in [0.1, 0.15) is 5.56 Å². The van der Waals surface area contributed by atoms with E-state index < -0.39 is 0 Å². The molecule has 4 nitrogen and oxygen atoms in total. The Morgan fingerprint density at radius 2 is 2.16 bits per heavy atom. The van der Waals surface area contributed by atoms with Crippen LogP contribution in [0.4, 0.5) is 0 Å². The first-order valence-corrected chi connectivity index (χ1v) is 6.88. The smallest absolute Gasteiger partial charge is 0.246 e. The zero-order valence-electron chi connectivity index (χ0n) is 10.8. The first-order chi connectivity index (χ1) is 9.20. The summed E-state index contributed by atoms with van der Waals surface area (Å²) in [6, 6.07) is 5.69. The summed E-state index contributed by atoms with van der Waals surface area (Å²) in [7, 11) is 1.62. The SMILES string of the molecule is COc1ccc(Br)cc1/C=C\C(=O)N1CCOCC1. The van der Waals surface area contributed by atoms with Crippen LogP contribution in [-0.4, -0.2) is 44.2 Å². The van der Waals surface area contributed by atoms with Crippen LogP contribution in [0, 0.1) is 0 Å². The lowest BCUT2D eigenvalue weighted by Crippen LogP contribution is -2.39. The molecular formula is C14H16BrNO3. The van der Waals surface area contributed by atoms with Gasteiger partial charge in [-0.25, -0.2) is 0 Å². The van der Waals surface area contributed by atoms with E-state index in [0.29, 0.717) is 26.3 Å². The summed E-state index contributed by atoms with van der Waals surface area (Å²) in [6.45, 7) is 2.52. The average molecular weight is 326 g/mol. The molecule has 0 radical (unpaired) electrons. The number of benzene rings is 1. The van der Waals surface area contributed by atoms with Crippen molar-refractivity contribution < 1.29 is 14.3 Å². The molecule has 1 fully saturated rings. The summed E-state index contributed by atoms with van der Waals surface area (Å²) in [5.41, 5.74) is 0.874. The Morgan fingerprint density at radius 3 is 2.84 bits per heavy atom. The molecule has 1 aromatic carbocycles. The van der Waals surface area contributed by atoms with Crippen molar-refractivity contribution in [2.24, 2.45) is 0 Å². The monoisotopic (exact) mass is 325 g/mol. The molecule has 102 valence electrons. The van der Waals surface area contributed by atoms with Crippen molar-refractivity contribution in [2.75, 3.05) is 33.4 Å². The molecule has 1 heterocycles. The van der Waals surface area contributed by atoms with Crippen LogP contribution in [0.2, 0.25) is 0 Å². The largest absolute Gasteiger partial charge is 0.496 e. The number of hydrogen-bond donors (Lipinski definition) is 0. The standard InChI is InChI=1S/C14H16BrNO3/c1-18-13-4-3-12(15)10-11(13)2-5-14(17)16-6-8-19-9-7-16/h2-5,10H,6-9H2,1H3/b5-2-. The lowest BCUT2D eigenvalue weighted by Gasteiger charge is -2.25. The van der Waals surface area contributed by atoms with Gasteiger partial charge in [0.25, 0.3) is 0 Å². The minimum Gasteiger partial charge on any atom is -0.496 e. The van der Waals surface area contributed by atoms with Gasteiger partial charge in [-0.1, -0.05) is 15.9 Å². The Hall–Kier alpha value is -1.33. The fourth-order valence-corrected chi connectivity index (χ4v) is 2.26. The van der Waals surface area contributed by atoms with Crippen molar-refractivity contribution in [3.05, 3.63) is 34.3 Å². The zero-order valence-corrected chi connectivity index (χ0v) is 12.4. The molecule has 19 heavy (non-hydrogen) atoms. The summed E-state index contributed by atoms with van der Waals surface area (Å²) in [5.74, 6) is 0.750. The highest BCUT2D eigenvalue weighted by molar-refractivity contribution is 9.10. The van der Waals surface area contributed by atoms with Crippen molar-refractivity contribution in [1.82, 2.24) is 4.90 Å². The quantitative estimate of drug-likeness (QED) is 0.801. The van der Waals surface area contributed by atoms with Gasteiger partial charge in [0.2, 0.25) is 5.91 Å². The van der Waals surface area contributed by atoms with Crippen molar-refractivity contribution in [1.29, 1.82) is 0 Å². The number of carbonyl (C=O) groups is 1. The molecule has 0 unspecified atom stereocenters. The van der Waals surface area contributed by atoms with E-state index in [1.807, 2.05) is 18.2 Å². The number of hydrogen-bond acceptors (Lipinski definition) is 3. The number of nitrogens with zero attached hydrogens (tertiary/aromatic N) is 1. The number of amides is 1. The molecule has 0 N–H and O–H groups in total. The second-order valence-corrected chi connectivity index (χ2v) is 5.07. The Bertz CT molecular complexity index is 482. The number of methoxy groups -OCH3 is 1. The Balaban J connectivity index is 2.08. The Kier molecular flexibility index (Phi) is 4.99. The van der Waals surface area contributed by atoms with Gasteiger partial charge in [0.15, 0.2) is 0 Å². The van der Waals surface area contributed by atoms with Crippen LogP contribution in [0.5, 0.6) is 5.75 Å². The first kappa shape index (κ1) is 14.1. The van der Waals surface area contributed by atoms with E-state index in [0.717, 1.165) is 15.8 Å². The molecule has 0 spiro atoms. The van der Waals surface area contributed by atoms with E-state index in [9.17, 15) is 4.79 Å². The van der Waals surface area contributed by atoms with Crippen LogP contribution in [0.25, 0.3) is 6.08 Å². The molecule has 0 bridgehead atoms. The van der Waals surface area contributed by atoms with E-state index in [2.05, 4.69) is 15.9 Å². The predicted octanol–water partition coefficient (Wildman–Crippen LogP) is 2.33. The van der Waals surface area contributed by atoms with Crippen molar-refractivity contribution in [2.45, 2.75) is 0 Å². The van der Waals surface area contributed by atoms with Crippen molar-refractivity contribution in [3.8, 4) is 5.75 Å². The normalized spacial score (nSPS) is 15.8. The minimum absolute atomic E-state index is 0.00493. The highest BCUT2D eigenvalue weighted by Gasteiger charge is 2.14. The van der Waals surface area contributed by atoms with E-state index >= 15 is 0 Å². The number of rotatable bonds is 3. The van der Waals surface area contributed by atoms with Crippen LogP contribution in [0.3, 0.4) is 0 Å².